The zero-order valence-corrected chi connectivity index (χ0v) is 15.6. The van der Waals surface area contributed by atoms with Gasteiger partial charge in [0, 0.05) is 6.42 Å². The van der Waals surface area contributed by atoms with Gasteiger partial charge in [0.2, 0.25) is 0 Å². The lowest BCUT2D eigenvalue weighted by molar-refractivity contribution is -0.181. The van der Waals surface area contributed by atoms with E-state index in [1.165, 1.54) is 0 Å². The predicted molar refractivity (Wildman–Crippen MR) is 102 cm³/mol. The number of hydrogen-bond acceptors (Lipinski definition) is 6. The third-order valence-corrected chi connectivity index (χ3v) is 4.92. The van der Waals surface area contributed by atoms with Crippen molar-refractivity contribution in [3.8, 4) is 11.8 Å². The number of aliphatic hydroxyl groups excluding tert-OH is 3. The molecule has 28 heavy (non-hydrogen) atoms. The molecule has 1 aliphatic heterocycles. The summed E-state index contributed by atoms with van der Waals surface area (Å²) in [5, 5.41) is 38.7. The Labute approximate surface area is 163 Å². The second-order valence-electron chi connectivity index (χ2n) is 6.69. The van der Waals surface area contributed by atoms with Gasteiger partial charge in [-0.2, -0.15) is 5.26 Å². The summed E-state index contributed by atoms with van der Waals surface area (Å²) in [5.41, 5.74) is 3.27. The van der Waals surface area contributed by atoms with E-state index in [2.05, 4.69) is 6.07 Å². The molecule has 150 valence electrons. The number of nitrogens with zero attached hydrogens (tertiary/aromatic N) is 1. The summed E-state index contributed by atoms with van der Waals surface area (Å²) < 4.78 is 10.9. The third-order valence-electron chi connectivity index (χ3n) is 4.92. The first-order valence-corrected chi connectivity index (χ1v) is 8.84. The Morgan fingerprint density at radius 1 is 1.18 bits per heavy atom. The molecule has 0 aliphatic carbocycles. The molecule has 0 bridgehead atoms. The first-order chi connectivity index (χ1) is 13.0. The lowest BCUT2D eigenvalue weighted by Crippen LogP contribution is -2.47. The van der Waals surface area contributed by atoms with E-state index in [0.29, 0.717) is 12.0 Å². The van der Waals surface area contributed by atoms with Gasteiger partial charge in [0.25, 0.3) is 0 Å². The summed E-state index contributed by atoms with van der Waals surface area (Å²) in [7, 11) is 1.61. The van der Waals surface area contributed by atoms with E-state index in [9.17, 15) is 20.6 Å². The first kappa shape index (κ1) is 21.8. The van der Waals surface area contributed by atoms with Gasteiger partial charge in [-0.05, 0) is 41.3 Å². The SMILES string of the molecule is COc1ccc(Cc2cc([C@H]3C[C@@H](O)C(O)[C@@H](CO)O3)ccc2C#N)cc1.O. The summed E-state index contributed by atoms with van der Waals surface area (Å²) in [6, 6.07) is 15.3. The topological polar surface area (TPSA) is 134 Å². The van der Waals surface area contributed by atoms with Crippen molar-refractivity contribution in [2.75, 3.05) is 13.7 Å². The molecule has 0 saturated carbocycles. The molecular formula is C21H25NO6. The van der Waals surface area contributed by atoms with Crippen molar-refractivity contribution in [3.05, 3.63) is 64.7 Å². The summed E-state index contributed by atoms with van der Waals surface area (Å²) in [5.74, 6) is 0.770. The predicted octanol–water partition coefficient (Wildman–Crippen LogP) is 0.877. The Kier molecular flexibility index (Phi) is 7.52. The van der Waals surface area contributed by atoms with Crippen LogP contribution < -0.4 is 4.74 Å². The Morgan fingerprint density at radius 2 is 1.89 bits per heavy atom. The first-order valence-electron chi connectivity index (χ1n) is 8.84. The minimum atomic E-state index is -1.11. The van der Waals surface area contributed by atoms with Crippen LogP contribution in [0.1, 0.15) is 34.8 Å². The van der Waals surface area contributed by atoms with Crippen molar-refractivity contribution >= 4 is 0 Å². The normalized spacial score (nSPS) is 24.1. The minimum Gasteiger partial charge on any atom is -0.497 e. The maximum atomic E-state index is 10.1. The van der Waals surface area contributed by atoms with E-state index < -0.39 is 24.4 Å². The molecule has 1 heterocycles. The van der Waals surface area contributed by atoms with Gasteiger partial charge in [-0.1, -0.05) is 24.3 Å². The van der Waals surface area contributed by atoms with Crippen LogP contribution in [-0.4, -0.2) is 52.8 Å². The van der Waals surface area contributed by atoms with Gasteiger partial charge in [0.1, 0.15) is 18.0 Å². The average molecular weight is 387 g/mol. The van der Waals surface area contributed by atoms with Crippen LogP contribution in [0.3, 0.4) is 0 Å². The maximum Gasteiger partial charge on any atom is 0.118 e. The van der Waals surface area contributed by atoms with Crippen LogP contribution in [0.25, 0.3) is 0 Å². The summed E-state index contributed by atoms with van der Waals surface area (Å²) in [4.78, 5) is 0. The highest BCUT2D eigenvalue weighted by Gasteiger charge is 2.37. The van der Waals surface area contributed by atoms with Crippen LogP contribution in [0.2, 0.25) is 0 Å². The van der Waals surface area contributed by atoms with Crippen LogP contribution in [0.15, 0.2) is 42.5 Å². The van der Waals surface area contributed by atoms with E-state index in [4.69, 9.17) is 9.47 Å². The van der Waals surface area contributed by atoms with E-state index in [0.717, 1.165) is 22.4 Å². The van der Waals surface area contributed by atoms with Crippen LogP contribution >= 0.6 is 0 Å². The zero-order chi connectivity index (χ0) is 19.4. The average Bonchev–Trinajstić information content (AvgIpc) is 2.70. The zero-order valence-electron chi connectivity index (χ0n) is 15.6. The molecule has 0 radical (unpaired) electrons. The molecule has 5 N–H and O–H groups in total. The van der Waals surface area contributed by atoms with Crippen LogP contribution in [0.5, 0.6) is 5.75 Å². The molecule has 0 amide bonds. The molecule has 7 nitrogen and oxygen atoms in total. The Bertz CT molecular complexity index is 817. The van der Waals surface area contributed by atoms with Gasteiger partial charge in [0.15, 0.2) is 0 Å². The minimum absolute atomic E-state index is 0. The van der Waals surface area contributed by atoms with E-state index in [1.807, 2.05) is 30.3 Å². The standard InChI is InChI=1S/C21H23NO5.H2O/c1-26-17-6-2-13(3-7-17)8-16-9-14(4-5-15(16)11-22)19-10-18(24)21(25)20(12-23)27-19;/h2-7,9,18-21,23-25H,8,10,12H2,1H3;1H2/t18-,19-,20-,21?;/m1./s1. The van der Waals surface area contributed by atoms with Crippen molar-refractivity contribution < 1.29 is 30.3 Å². The fraction of sp³-hybridized carbons (Fsp3) is 0.381. The quantitative estimate of drug-likeness (QED) is 0.697. The Balaban J connectivity index is 0.00000280. The molecule has 0 spiro atoms. The van der Waals surface area contributed by atoms with E-state index >= 15 is 0 Å². The highest BCUT2D eigenvalue weighted by Crippen LogP contribution is 2.33. The van der Waals surface area contributed by atoms with Gasteiger partial charge >= 0.3 is 0 Å². The summed E-state index contributed by atoms with van der Waals surface area (Å²) in [6.07, 6.45) is -2.57. The molecular weight excluding hydrogens is 362 g/mol. The molecule has 0 aromatic heterocycles. The van der Waals surface area contributed by atoms with Crippen LogP contribution in [0, 0.1) is 11.3 Å². The second kappa shape index (κ2) is 9.64. The van der Waals surface area contributed by atoms with Gasteiger partial charge in [-0.25, -0.2) is 0 Å². The van der Waals surface area contributed by atoms with E-state index in [1.54, 1.807) is 19.2 Å². The molecule has 1 unspecified atom stereocenters. The second-order valence-corrected chi connectivity index (χ2v) is 6.69. The Hall–Kier alpha value is -2.47. The number of hydrogen-bond donors (Lipinski definition) is 3. The van der Waals surface area contributed by atoms with Crippen molar-refractivity contribution in [3.63, 3.8) is 0 Å². The third kappa shape index (κ3) is 4.68. The molecule has 1 fully saturated rings. The van der Waals surface area contributed by atoms with E-state index in [-0.39, 0.29) is 18.5 Å². The maximum absolute atomic E-state index is 10.1. The smallest absolute Gasteiger partial charge is 0.118 e. The molecule has 2 aromatic carbocycles. The van der Waals surface area contributed by atoms with Gasteiger partial charge in [-0.15, -0.1) is 0 Å². The van der Waals surface area contributed by atoms with Gasteiger partial charge in [0.05, 0.1) is 37.6 Å². The fourth-order valence-corrected chi connectivity index (χ4v) is 3.35. The molecule has 1 aliphatic rings. The van der Waals surface area contributed by atoms with Gasteiger partial charge in [-0.3, -0.25) is 0 Å². The monoisotopic (exact) mass is 387 g/mol. The van der Waals surface area contributed by atoms with Crippen molar-refractivity contribution in [2.45, 2.75) is 37.3 Å². The van der Waals surface area contributed by atoms with Crippen molar-refractivity contribution in [1.29, 1.82) is 5.26 Å². The highest BCUT2D eigenvalue weighted by atomic mass is 16.5. The summed E-state index contributed by atoms with van der Waals surface area (Å²) >= 11 is 0. The number of nitriles is 1. The van der Waals surface area contributed by atoms with Crippen molar-refractivity contribution in [1.82, 2.24) is 0 Å². The molecule has 1 saturated heterocycles. The number of benzene rings is 2. The lowest BCUT2D eigenvalue weighted by atomic mass is 9.91. The van der Waals surface area contributed by atoms with Crippen LogP contribution in [0.4, 0.5) is 0 Å². The molecule has 2 aromatic rings. The molecule has 3 rings (SSSR count). The molecule has 7 heteroatoms. The lowest BCUT2D eigenvalue weighted by Gasteiger charge is -2.36. The number of aliphatic hydroxyl groups is 3. The largest absolute Gasteiger partial charge is 0.497 e. The van der Waals surface area contributed by atoms with Gasteiger partial charge < -0.3 is 30.3 Å². The Morgan fingerprint density at radius 3 is 2.50 bits per heavy atom. The molecule has 4 atom stereocenters. The highest BCUT2D eigenvalue weighted by molar-refractivity contribution is 5.44. The number of methoxy groups -OCH3 is 1. The van der Waals surface area contributed by atoms with Crippen LogP contribution in [-0.2, 0) is 11.2 Å². The number of ether oxygens (including phenoxy) is 2. The van der Waals surface area contributed by atoms with Crippen molar-refractivity contribution in [2.24, 2.45) is 0 Å². The fourth-order valence-electron chi connectivity index (χ4n) is 3.35. The number of rotatable bonds is 5. The summed E-state index contributed by atoms with van der Waals surface area (Å²) in [6.45, 7) is -0.371.